The summed E-state index contributed by atoms with van der Waals surface area (Å²) in [5.41, 5.74) is 0.135. The van der Waals surface area contributed by atoms with E-state index < -0.39 is 5.54 Å². The van der Waals surface area contributed by atoms with E-state index in [2.05, 4.69) is 10.3 Å². The maximum Gasteiger partial charge on any atom is 0.245 e. The van der Waals surface area contributed by atoms with E-state index in [1.807, 2.05) is 19.1 Å². The standard InChI is InChI=1S/C16H23N3O3/c1-16(15(21)18-9-4-10-22-2)7-6-14(20)19(16)12-13-5-3-8-17-11-13/h3,5,8,11H,4,6-7,9-10,12H2,1-2H3,(H,18,21)/t16-/m1/s1. The van der Waals surface area contributed by atoms with Crippen molar-refractivity contribution >= 4 is 11.8 Å². The van der Waals surface area contributed by atoms with Gasteiger partial charge in [-0.2, -0.15) is 0 Å². The lowest BCUT2D eigenvalue weighted by Crippen LogP contribution is -2.54. The summed E-state index contributed by atoms with van der Waals surface area (Å²) < 4.78 is 4.97. The van der Waals surface area contributed by atoms with Crippen LogP contribution in [0.1, 0.15) is 31.7 Å². The molecular formula is C16H23N3O3. The number of carbonyl (C=O) groups is 2. The van der Waals surface area contributed by atoms with Gasteiger partial charge in [0.15, 0.2) is 0 Å². The van der Waals surface area contributed by atoms with Crippen molar-refractivity contribution in [3.63, 3.8) is 0 Å². The lowest BCUT2D eigenvalue weighted by atomic mass is 9.97. The second-order valence-corrected chi connectivity index (χ2v) is 5.72. The number of pyridine rings is 1. The molecule has 0 radical (unpaired) electrons. The van der Waals surface area contributed by atoms with Crippen LogP contribution in [0, 0.1) is 0 Å². The Morgan fingerprint density at radius 1 is 1.55 bits per heavy atom. The summed E-state index contributed by atoms with van der Waals surface area (Å²) >= 11 is 0. The third-order valence-corrected chi connectivity index (χ3v) is 4.09. The van der Waals surface area contributed by atoms with Crippen molar-refractivity contribution in [2.45, 2.75) is 38.3 Å². The number of likely N-dealkylation sites (tertiary alicyclic amines) is 1. The predicted octanol–water partition coefficient (Wildman–Crippen LogP) is 1.12. The van der Waals surface area contributed by atoms with Crippen molar-refractivity contribution < 1.29 is 14.3 Å². The first-order valence-electron chi connectivity index (χ1n) is 7.54. The number of hydrogen-bond donors (Lipinski definition) is 1. The lowest BCUT2D eigenvalue weighted by molar-refractivity contribution is -0.141. The molecule has 0 unspecified atom stereocenters. The van der Waals surface area contributed by atoms with Gasteiger partial charge >= 0.3 is 0 Å². The van der Waals surface area contributed by atoms with Gasteiger partial charge in [-0.25, -0.2) is 0 Å². The molecule has 0 spiro atoms. The molecular weight excluding hydrogens is 282 g/mol. The zero-order valence-corrected chi connectivity index (χ0v) is 13.2. The highest BCUT2D eigenvalue weighted by Crippen LogP contribution is 2.31. The fraction of sp³-hybridized carbons (Fsp3) is 0.562. The van der Waals surface area contributed by atoms with Gasteiger partial charge in [0.05, 0.1) is 0 Å². The molecule has 2 heterocycles. The Hall–Kier alpha value is -1.95. The number of rotatable bonds is 7. The molecule has 2 amide bonds. The van der Waals surface area contributed by atoms with Crippen molar-refractivity contribution in [3.8, 4) is 0 Å². The van der Waals surface area contributed by atoms with E-state index in [9.17, 15) is 9.59 Å². The number of carbonyl (C=O) groups excluding carboxylic acids is 2. The molecule has 0 saturated carbocycles. The molecule has 1 atom stereocenters. The summed E-state index contributed by atoms with van der Waals surface area (Å²) in [4.78, 5) is 30.4. The van der Waals surface area contributed by atoms with Crippen molar-refractivity contribution in [2.75, 3.05) is 20.3 Å². The first-order valence-corrected chi connectivity index (χ1v) is 7.54. The number of amides is 2. The average molecular weight is 305 g/mol. The van der Waals surface area contributed by atoms with Gasteiger partial charge in [-0.05, 0) is 31.4 Å². The fourth-order valence-electron chi connectivity index (χ4n) is 2.68. The number of methoxy groups -OCH3 is 1. The van der Waals surface area contributed by atoms with E-state index in [0.717, 1.165) is 12.0 Å². The van der Waals surface area contributed by atoms with Gasteiger partial charge in [0, 0.05) is 45.6 Å². The van der Waals surface area contributed by atoms with E-state index >= 15 is 0 Å². The molecule has 2 rings (SSSR count). The molecule has 0 bridgehead atoms. The average Bonchev–Trinajstić information content (AvgIpc) is 2.82. The van der Waals surface area contributed by atoms with Crippen molar-refractivity contribution in [3.05, 3.63) is 30.1 Å². The van der Waals surface area contributed by atoms with E-state index in [0.29, 0.717) is 32.5 Å². The molecule has 1 aromatic rings. The van der Waals surface area contributed by atoms with Gasteiger partial charge in [0.1, 0.15) is 5.54 Å². The minimum atomic E-state index is -0.792. The Balaban J connectivity index is 2.03. The number of aromatic nitrogens is 1. The van der Waals surface area contributed by atoms with Crippen molar-refractivity contribution in [2.24, 2.45) is 0 Å². The highest BCUT2D eigenvalue weighted by atomic mass is 16.5. The minimum Gasteiger partial charge on any atom is -0.385 e. The SMILES string of the molecule is COCCCNC(=O)[C@@]1(C)CCC(=O)N1Cc1cccnc1. The van der Waals surface area contributed by atoms with Crippen LogP contribution >= 0.6 is 0 Å². The summed E-state index contributed by atoms with van der Waals surface area (Å²) in [7, 11) is 1.63. The Morgan fingerprint density at radius 2 is 2.36 bits per heavy atom. The van der Waals surface area contributed by atoms with Gasteiger partial charge in [0.25, 0.3) is 0 Å². The van der Waals surface area contributed by atoms with Crippen molar-refractivity contribution in [1.82, 2.24) is 15.2 Å². The van der Waals surface area contributed by atoms with Crippen molar-refractivity contribution in [1.29, 1.82) is 0 Å². The largest absolute Gasteiger partial charge is 0.385 e. The quantitative estimate of drug-likeness (QED) is 0.766. The topological polar surface area (TPSA) is 71.5 Å². The van der Waals surface area contributed by atoms with E-state index in [4.69, 9.17) is 4.74 Å². The van der Waals surface area contributed by atoms with E-state index in [-0.39, 0.29) is 11.8 Å². The molecule has 1 aliphatic rings. The highest BCUT2D eigenvalue weighted by Gasteiger charge is 2.46. The van der Waals surface area contributed by atoms with Gasteiger partial charge < -0.3 is 15.0 Å². The van der Waals surface area contributed by atoms with Crippen LogP contribution < -0.4 is 5.32 Å². The number of hydrogen-bond acceptors (Lipinski definition) is 4. The summed E-state index contributed by atoms with van der Waals surface area (Å²) in [5.74, 6) is -0.0864. The molecule has 0 aliphatic carbocycles. The van der Waals surface area contributed by atoms with Gasteiger partial charge in [-0.3, -0.25) is 14.6 Å². The summed E-state index contributed by atoms with van der Waals surface area (Å²) in [6, 6.07) is 3.74. The van der Waals surface area contributed by atoms with Gasteiger partial charge in [0.2, 0.25) is 11.8 Å². The Morgan fingerprint density at radius 3 is 3.05 bits per heavy atom. The second-order valence-electron chi connectivity index (χ2n) is 5.72. The van der Waals surface area contributed by atoms with Crippen LogP contribution in [-0.4, -0.2) is 47.5 Å². The molecule has 1 aliphatic heterocycles. The van der Waals surface area contributed by atoms with Crippen LogP contribution in [0.2, 0.25) is 0 Å². The summed E-state index contributed by atoms with van der Waals surface area (Å²) in [6.45, 7) is 3.40. The maximum atomic E-state index is 12.5. The minimum absolute atomic E-state index is 0.0124. The fourth-order valence-corrected chi connectivity index (χ4v) is 2.68. The Labute approximate surface area is 130 Å². The maximum absolute atomic E-state index is 12.5. The molecule has 1 fully saturated rings. The molecule has 1 aromatic heterocycles. The van der Waals surface area contributed by atoms with E-state index in [1.54, 1.807) is 24.4 Å². The normalized spacial score (nSPS) is 21.2. The molecule has 6 nitrogen and oxygen atoms in total. The highest BCUT2D eigenvalue weighted by molar-refractivity contribution is 5.94. The summed E-state index contributed by atoms with van der Waals surface area (Å²) in [5, 5.41) is 2.91. The van der Waals surface area contributed by atoms with Crippen LogP contribution in [-0.2, 0) is 20.9 Å². The molecule has 0 aromatic carbocycles. The lowest BCUT2D eigenvalue weighted by Gasteiger charge is -2.34. The first kappa shape index (κ1) is 16.4. The zero-order valence-electron chi connectivity index (χ0n) is 13.2. The second kappa shape index (κ2) is 7.35. The smallest absolute Gasteiger partial charge is 0.245 e. The van der Waals surface area contributed by atoms with Gasteiger partial charge in [-0.15, -0.1) is 0 Å². The molecule has 1 saturated heterocycles. The summed E-state index contributed by atoms with van der Waals surface area (Å²) in [6.07, 6.45) is 5.12. The van der Waals surface area contributed by atoms with Gasteiger partial charge in [-0.1, -0.05) is 6.07 Å². The third-order valence-electron chi connectivity index (χ3n) is 4.09. The van der Waals surface area contributed by atoms with Crippen LogP contribution in [0.4, 0.5) is 0 Å². The van der Waals surface area contributed by atoms with Crippen LogP contribution in [0.25, 0.3) is 0 Å². The number of nitrogens with zero attached hydrogens (tertiary/aromatic N) is 2. The zero-order chi connectivity index (χ0) is 16.0. The van der Waals surface area contributed by atoms with E-state index in [1.165, 1.54) is 0 Å². The van der Waals surface area contributed by atoms with Crippen LogP contribution in [0.15, 0.2) is 24.5 Å². The monoisotopic (exact) mass is 305 g/mol. The molecule has 22 heavy (non-hydrogen) atoms. The molecule has 120 valence electrons. The molecule has 1 N–H and O–H groups in total. The first-order chi connectivity index (χ1) is 10.6. The van der Waals surface area contributed by atoms with Crippen LogP contribution in [0.3, 0.4) is 0 Å². The Kier molecular flexibility index (Phi) is 5.49. The molecule has 6 heteroatoms. The third kappa shape index (κ3) is 3.62. The predicted molar refractivity (Wildman–Crippen MR) is 81.9 cm³/mol. The Bertz CT molecular complexity index is 521. The number of nitrogens with one attached hydrogen (secondary N) is 1. The number of ether oxygens (including phenoxy) is 1. The van der Waals surface area contributed by atoms with Crippen LogP contribution in [0.5, 0.6) is 0 Å².